The van der Waals surface area contributed by atoms with Gasteiger partial charge in [0.25, 0.3) is 0 Å². The van der Waals surface area contributed by atoms with Crippen LogP contribution >= 0.6 is 35.6 Å². The zero-order valence-electron chi connectivity index (χ0n) is 14.9. The molecule has 5 nitrogen and oxygen atoms in total. The first kappa shape index (κ1) is 21.0. The second-order valence-electron chi connectivity index (χ2n) is 7.06. The minimum absolute atomic E-state index is 0. The first-order valence-corrected chi connectivity index (χ1v) is 9.00. The molecule has 1 aromatic heterocycles. The second-order valence-corrected chi connectivity index (χ2v) is 7.88. The average molecular weight is 418 g/mol. The van der Waals surface area contributed by atoms with Gasteiger partial charge in [-0.15, -0.1) is 12.4 Å². The van der Waals surface area contributed by atoms with Crippen molar-refractivity contribution in [2.75, 3.05) is 13.1 Å². The molecular formula is C18H23Cl3N4O. The molecule has 1 saturated heterocycles. The van der Waals surface area contributed by atoms with E-state index < -0.39 is 5.54 Å². The van der Waals surface area contributed by atoms with Crippen molar-refractivity contribution in [3.8, 4) is 0 Å². The lowest BCUT2D eigenvalue weighted by Gasteiger charge is -2.30. The molecule has 2 N–H and O–H groups in total. The lowest BCUT2D eigenvalue weighted by atomic mass is 9.88. The van der Waals surface area contributed by atoms with Crippen molar-refractivity contribution in [2.24, 2.45) is 13.0 Å². The molecule has 0 radical (unpaired) electrons. The molecule has 2 aromatic rings. The zero-order chi connectivity index (χ0) is 18.2. The Kier molecular flexibility index (Phi) is 6.61. The third-order valence-electron chi connectivity index (χ3n) is 4.78. The number of aromatic nitrogens is 2. The summed E-state index contributed by atoms with van der Waals surface area (Å²) in [7, 11) is 1.88. The van der Waals surface area contributed by atoms with E-state index in [0.717, 1.165) is 17.7 Å². The third kappa shape index (κ3) is 4.34. The van der Waals surface area contributed by atoms with Crippen LogP contribution in [0.1, 0.15) is 30.9 Å². The number of amides is 1. The molecule has 0 unspecified atom stereocenters. The van der Waals surface area contributed by atoms with Gasteiger partial charge in [-0.05, 0) is 37.1 Å². The van der Waals surface area contributed by atoms with E-state index >= 15 is 0 Å². The molecule has 0 spiro atoms. The number of carbonyl (C=O) groups excluding carboxylic acids is 1. The van der Waals surface area contributed by atoms with E-state index in [1.807, 2.05) is 39.4 Å². The van der Waals surface area contributed by atoms with Crippen molar-refractivity contribution < 1.29 is 4.79 Å². The highest BCUT2D eigenvalue weighted by Gasteiger charge is 2.37. The number of hydrogen-bond acceptors (Lipinski definition) is 3. The molecule has 0 aliphatic carbocycles. The molecule has 0 saturated carbocycles. The van der Waals surface area contributed by atoms with Gasteiger partial charge in [-0.25, -0.2) is 0 Å². The number of rotatable bonds is 4. The topological polar surface area (TPSA) is 59.0 Å². The Balaban J connectivity index is 0.00000243. The Morgan fingerprint density at radius 1 is 1.31 bits per heavy atom. The minimum Gasteiger partial charge on any atom is -0.347 e. The van der Waals surface area contributed by atoms with E-state index in [0.29, 0.717) is 16.6 Å². The van der Waals surface area contributed by atoms with Crippen LogP contribution in [0.5, 0.6) is 0 Å². The fourth-order valence-corrected chi connectivity index (χ4v) is 3.59. The highest BCUT2D eigenvalue weighted by atomic mass is 35.5. The maximum Gasteiger partial charge on any atom is 0.225 e. The van der Waals surface area contributed by atoms with Crippen molar-refractivity contribution in [3.63, 3.8) is 0 Å². The summed E-state index contributed by atoms with van der Waals surface area (Å²) < 4.78 is 1.77. The first-order chi connectivity index (χ1) is 11.8. The second kappa shape index (κ2) is 8.17. The lowest BCUT2D eigenvalue weighted by molar-refractivity contribution is -0.126. The van der Waals surface area contributed by atoms with E-state index in [1.54, 1.807) is 16.8 Å². The van der Waals surface area contributed by atoms with Gasteiger partial charge in [0.1, 0.15) is 0 Å². The molecule has 1 aliphatic heterocycles. The van der Waals surface area contributed by atoms with Gasteiger partial charge in [0.15, 0.2) is 0 Å². The molecule has 8 heteroatoms. The van der Waals surface area contributed by atoms with Gasteiger partial charge in [-0.3, -0.25) is 9.48 Å². The number of carbonyl (C=O) groups is 1. The van der Waals surface area contributed by atoms with Gasteiger partial charge in [0, 0.05) is 32.3 Å². The normalized spacial score (nSPS) is 19.9. The van der Waals surface area contributed by atoms with Crippen molar-refractivity contribution >= 4 is 41.5 Å². The molecule has 2 atom stereocenters. The van der Waals surface area contributed by atoms with Gasteiger partial charge < -0.3 is 10.6 Å². The predicted molar refractivity (Wildman–Crippen MR) is 107 cm³/mol. The smallest absolute Gasteiger partial charge is 0.225 e. The average Bonchev–Trinajstić information content (AvgIpc) is 3.17. The maximum absolute atomic E-state index is 12.9. The van der Waals surface area contributed by atoms with Crippen LogP contribution in [0.15, 0.2) is 30.6 Å². The standard InChI is InChI=1S/C18H22Cl2N4O.ClH/c1-18(2,12-4-5-15(19)16(20)6-12)23-17(25)14-9-21-8-13(14)11-7-22-24(3)10-11;/h4-7,10,13-14,21H,8-9H2,1-3H3,(H,23,25);1H/t13-,14+;/m1./s1. The molecule has 142 valence electrons. The van der Waals surface area contributed by atoms with Crippen molar-refractivity contribution in [3.05, 3.63) is 51.8 Å². The number of nitrogens with one attached hydrogen (secondary N) is 2. The first-order valence-electron chi connectivity index (χ1n) is 8.25. The Bertz CT molecular complexity index is 790. The lowest BCUT2D eigenvalue weighted by Crippen LogP contribution is -2.45. The molecule has 2 heterocycles. The number of benzene rings is 1. The summed E-state index contributed by atoms with van der Waals surface area (Å²) in [4.78, 5) is 12.9. The summed E-state index contributed by atoms with van der Waals surface area (Å²) in [5, 5.41) is 11.7. The third-order valence-corrected chi connectivity index (χ3v) is 5.52. The monoisotopic (exact) mass is 416 g/mol. The van der Waals surface area contributed by atoms with E-state index in [9.17, 15) is 4.79 Å². The molecule has 26 heavy (non-hydrogen) atoms. The maximum atomic E-state index is 12.9. The van der Waals surface area contributed by atoms with Crippen LogP contribution in [-0.2, 0) is 17.4 Å². The van der Waals surface area contributed by atoms with Crippen LogP contribution in [-0.4, -0.2) is 28.8 Å². The van der Waals surface area contributed by atoms with E-state index in [1.165, 1.54) is 0 Å². The van der Waals surface area contributed by atoms with Crippen molar-refractivity contribution in [1.82, 2.24) is 20.4 Å². The van der Waals surface area contributed by atoms with E-state index in [2.05, 4.69) is 15.7 Å². The number of halogens is 3. The molecule has 3 rings (SSSR count). The van der Waals surface area contributed by atoms with Crippen LogP contribution in [0, 0.1) is 5.92 Å². The number of aryl methyl sites for hydroxylation is 1. The molecule has 0 bridgehead atoms. The molecular weight excluding hydrogens is 395 g/mol. The fraction of sp³-hybridized carbons (Fsp3) is 0.444. The summed E-state index contributed by atoms with van der Waals surface area (Å²) >= 11 is 12.1. The Hall–Kier alpha value is -1.27. The van der Waals surface area contributed by atoms with Crippen molar-refractivity contribution in [2.45, 2.75) is 25.3 Å². The largest absolute Gasteiger partial charge is 0.347 e. The Labute approximate surface area is 169 Å². The van der Waals surface area contributed by atoms with Crippen LogP contribution in [0.25, 0.3) is 0 Å². The SMILES string of the molecule is Cl.Cn1cc([C@H]2CNC[C@@H]2C(=O)NC(C)(C)c2ccc(Cl)c(Cl)c2)cn1. The number of nitrogens with zero attached hydrogens (tertiary/aromatic N) is 2. The summed E-state index contributed by atoms with van der Waals surface area (Å²) in [6.07, 6.45) is 3.81. The van der Waals surface area contributed by atoms with E-state index in [4.69, 9.17) is 23.2 Å². The van der Waals surface area contributed by atoms with Gasteiger partial charge in [0.05, 0.1) is 27.7 Å². The Morgan fingerprint density at radius 3 is 2.65 bits per heavy atom. The quantitative estimate of drug-likeness (QED) is 0.800. The molecule has 1 aliphatic rings. The van der Waals surface area contributed by atoms with Crippen LogP contribution in [0.2, 0.25) is 10.0 Å². The summed E-state index contributed by atoms with van der Waals surface area (Å²) in [6, 6.07) is 5.44. The Morgan fingerprint density at radius 2 is 2.04 bits per heavy atom. The highest BCUT2D eigenvalue weighted by Crippen LogP contribution is 2.31. The molecule has 1 fully saturated rings. The zero-order valence-corrected chi connectivity index (χ0v) is 17.3. The fourth-order valence-electron chi connectivity index (χ4n) is 3.29. The van der Waals surface area contributed by atoms with E-state index in [-0.39, 0.29) is 30.2 Å². The summed E-state index contributed by atoms with van der Waals surface area (Å²) in [5.74, 6) is 0.0134. The van der Waals surface area contributed by atoms with Crippen molar-refractivity contribution in [1.29, 1.82) is 0 Å². The summed E-state index contributed by atoms with van der Waals surface area (Å²) in [6.45, 7) is 5.36. The van der Waals surface area contributed by atoms with Gasteiger partial charge in [-0.2, -0.15) is 5.10 Å². The van der Waals surface area contributed by atoms with Crippen LogP contribution < -0.4 is 10.6 Å². The van der Waals surface area contributed by atoms with Gasteiger partial charge in [0.2, 0.25) is 5.91 Å². The predicted octanol–water partition coefficient (Wildman–Crippen LogP) is 3.50. The molecule has 1 amide bonds. The molecule has 1 aromatic carbocycles. The van der Waals surface area contributed by atoms with Crippen LogP contribution in [0.4, 0.5) is 0 Å². The summed E-state index contributed by atoms with van der Waals surface area (Å²) in [5.41, 5.74) is 1.45. The van der Waals surface area contributed by atoms with Gasteiger partial charge in [-0.1, -0.05) is 29.3 Å². The minimum atomic E-state index is -0.548. The highest BCUT2D eigenvalue weighted by molar-refractivity contribution is 6.42. The van der Waals surface area contributed by atoms with Gasteiger partial charge >= 0.3 is 0 Å². The van der Waals surface area contributed by atoms with Crippen LogP contribution in [0.3, 0.4) is 0 Å². The number of hydrogen-bond donors (Lipinski definition) is 2.